The van der Waals surface area contributed by atoms with Crippen molar-refractivity contribution in [2.24, 2.45) is 0 Å². The van der Waals surface area contributed by atoms with Gasteiger partial charge in [0.2, 0.25) is 0 Å². The minimum absolute atomic E-state index is 0. The van der Waals surface area contributed by atoms with Crippen molar-refractivity contribution in [1.82, 2.24) is 15.6 Å². The Morgan fingerprint density at radius 1 is 1.19 bits per heavy atom. The molecule has 26 heavy (non-hydrogen) atoms. The average molecular weight is 366 g/mol. The Kier molecular flexibility index (Phi) is 8.42. The molecule has 1 heterocycles. The van der Waals surface area contributed by atoms with E-state index < -0.39 is 0 Å². The molecule has 0 spiro atoms. The second-order valence-electron chi connectivity index (χ2n) is 5.53. The van der Waals surface area contributed by atoms with Gasteiger partial charge in [0.1, 0.15) is 17.5 Å². The third-order valence-electron chi connectivity index (χ3n) is 3.67. The average Bonchev–Trinajstić information content (AvgIpc) is 3.07. The molecule has 0 saturated carbocycles. The van der Waals surface area contributed by atoms with Crippen molar-refractivity contribution >= 4 is 11.8 Å². The highest BCUT2D eigenvalue weighted by molar-refractivity contribution is 5.99. The van der Waals surface area contributed by atoms with Crippen molar-refractivity contribution in [2.45, 2.75) is 40.7 Å². The van der Waals surface area contributed by atoms with Gasteiger partial charge in [-0.15, -0.1) is 0 Å². The van der Waals surface area contributed by atoms with Crippen LogP contribution in [0.3, 0.4) is 0 Å². The van der Waals surface area contributed by atoms with Gasteiger partial charge in [-0.05, 0) is 26.3 Å². The molecule has 1 aromatic heterocycles. The number of H-pyrrole nitrogens is 1. The highest BCUT2D eigenvalue weighted by atomic mass is 16.5. The summed E-state index contributed by atoms with van der Waals surface area (Å²) in [6.07, 6.45) is -0.258. The van der Waals surface area contributed by atoms with Gasteiger partial charge in [-0.2, -0.15) is 0 Å². The second kappa shape index (κ2) is 10.3. The van der Waals surface area contributed by atoms with Crippen molar-refractivity contribution in [3.05, 3.63) is 52.8 Å². The van der Waals surface area contributed by atoms with E-state index in [0.717, 1.165) is 11.1 Å². The molecular formula is C20H35N3O3. The van der Waals surface area contributed by atoms with Gasteiger partial charge in [-0.3, -0.25) is 9.59 Å². The van der Waals surface area contributed by atoms with Crippen molar-refractivity contribution in [3.63, 3.8) is 0 Å². The SMILES string of the molecule is CC.CCNC(=O)c1cc(O[C@@H](C)c2ccc(C)cc2)c(C(=O)NC)[nH]1.[HH].[HH].[HH]. The molecule has 0 saturated heterocycles. The molecule has 2 amide bonds. The van der Waals surface area contributed by atoms with Crippen LogP contribution in [0.5, 0.6) is 5.75 Å². The molecule has 1 atom stereocenters. The molecule has 3 N–H and O–H groups in total. The van der Waals surface area contributed by atoms with Crippen LogP contribution in [0.2, 0.25) is 0 Å². The maximum atomic E-state index is 12.0. The molecule has 2 rings (SSSR count). The van der Waals surface area contributed by atoms with E-state index in [1.165, 1.54) is 7.05 Å². The number of ether oxygens (including phenoxy) is 1. The Morgan fingerprint density at radius 3 is 2.35 bits per heavy atom. The fraction of sp³-hybridized carbons (Fsp3) is 0.400. The number of aromatic amines is 1. The summed E-state index contributed by atoms with van der Waals surface area (Å²) in [5, 5.41) is 5.24. The van der Waals surface area contributed by atoms with E-state index in [4.69, 9.17) is 4.74 Å². The number of aromatic nitrogens is 1. The largest absolute Gasteiger partial charge is 0.484 e. The number of benzene rings is 1. The molecule has 0 fully saturated rings. The van der Waals surface area contributed by atoms with Crippen LogP contribution in [0.1, 0.15) is 70.2 Å². The summed E-state index contributed by atoms with van der Waals surface area (Å²) in [4.78, 5) is 26.9. The lowest BCUT2D eigenvalue weighted by atomic mass is 10.1. The van der Waals surface area contributed by atoms with E-state index in [-0.39, 0.29) is 27.9 Å². The minimum Gasteiger partial charge on any atom is -0.484 e. The molecule has 1 aromatic carbocycles. The molecule has 0 bridgehead atoms. The molecule has 0 unspecified atom stereocenters. The zero-order valence-electron chi connectivity index (χ0n) is 16.4. The summed E-state index contributed by atoms with van der Waals surface area (Å²) < 4.78 is 5.93. The normalized spacial score (nSPS) is 11.0. The quantitative estimate of drug-likeness (QED) is 0.712. The lowest BCUT2D eigenvalue weighted by molar-refractivity contribution is 0.0951. The molecule has 0 aliphatic heterocycles. The van der Waals surface area contributed by atoms with E-state index in [2.05, 4.69) is 15.6 Å². The Hall–Kier alpha value is -2.76. The maximum absolute atomic E-state index is 12.0. The number of aryl methyl sites for hydroxylation is 1. The first-order valence-corrected chi connectivity index (χ1v) is 8.92. The van der Waals surface area contributed by atoms with Crippen LogP contribution in [0.25, 0.3) is 0 Å². The lowest BCUT2D eigenvalue weighted by Gasteiger charge is -2.15. The molecule has 148 valence electrons. The molecular weight excluding hydrogens is 330 g/mol. The fourth-order valence-corrected chi connectivity index (χ4v) is 2.30. The van der Waals surface area contributed by atoms with Gasteiger partial charge in [-0.1, -0.05) is 43.7 Å². The predicted octanol–water partition coefficient (Wildman–Crippen LogP) is 4.34. The Bertz CT molecular complexity index is 734. The van der Waals surface area contributed by atoms with Crippen LogP contribution in [0.15, 0.2) is 30.3 Å². The van der Waals surface area contributed by atoms with Crippen LogP contribution in [-0.2, 0) is 0 Å². The van der Waals surface area contributed by atoms with E-state index in [1.807, 2.05) is 58.9 Å². The predicted molar refractivity (Wildman–Crippen MR) is 110 cm³/mol. The molecule has 2 aromatic rings. The zero-order valence-corrected chi connectivity index (χ0v) is 16.4. The van der Waals surface area contributed by atoms with Gasteiger partial charge >= 0.3 is 0 Å². The zero-order chi connectivity index (χ0) is 19.7. The number of hydrogen-bond donors (Lipinski definition) is 3. The number of amides is 2. The summed E-state index contributed by atoms with van der Waals surface area (Å²) >= 11 is 0. The molecule has 0 radical (unpaired) electrons. The van der Waals surface area contributed by atoms with E-state index in [1.54, 1.807) is 6.07 Å². The van der Waals surface area contributed by atoms with Crippen molar-refractivity contribution < 1.29 is 18.6 Å². The highest BCUT2D eigenvalue weighted by Gasteiger charge is 2.21. The number of rotatable bonds is 6. The Balaban J connectivity index is -0.00000131. The second-order valence-corrected chi connectivity index (χ2v) is 5.53. The standard InChI is InChI=1S/C18H23N3O3.C2H6.3H2/c1-5-20-17(22)14-10-15(16(21-14)18(23)19-4)24-12(3)13-8-6-11(2)7-9-13;1-2;;;/h6-10,12,21H,5H2,1-4H3,(H,19,23)(H,20,22);1-2H3;3*1H/t12-;;;;/m0..../s1. The van der Waals surface area contributed by atoms with Gasteiger partial charge in [-0.25, -0.2) is 0 Å². The van der Waals surface area contributed by atoms with Gasteiger partial charge < -0.3 is 20.4 Å². The smallest absolute Gasteiger partial charge is 0.271 e. The lowest BCUT2D eigenvalue weighted by Crippen LogP contribution is -2.23. The van der Waals surface area contributed by atoms with Crippen molar-refractivity contribution in [2.75, 3.05) is 13.6 Å². The third kappa shape index (κ3) is 5.37. The number of carbonyl (C=O) groups excluding carboxylic acids is 2. The summed E-state index contributed by atoms with van der Waals surface area (Å²) in [7, 11) is 1.53. The first-order chi connectivity index (χ1) is 12.5. The maximum Gasteiger partial charge on any atom is 0.271 e. The minimum atomic E-state index is -0.336. The Morgan fingerprint density at radius 2 is 1.81 bits per heavy atom. The molecule has 0 aliphatic carbocycles. The number of carbonyl (C=O) groups is 2. The highest BCUT2D eigenvalue weighted by Crippen LogP contribution is 2.26. The summed E-state index contributed by atoms with van der Waals surface area (Å²) in [6, 6.07) is 9.53. The first kappa shape index (κ1) is 21.3. The van der Waals surface area contributed by atoms with Gasteiger partial charge in [0.05, 0.1) is 0 Å². The van der Waals surface area contributed by atoms with Gasteiger partial charge in [0.25, 0.3) is 11.8 Å². The summed E-state index contributed by atoms with van der Waals surface area (Å²) in [5.74, 6) is -0.263. The number of hydrogen-bond acceptors (Lipinski definition) is 3. The Labute approximate surface area is 159 Å². The summed E-state index contributed by atoms with van der Waals surface area (Å²) in [5.41, 5.74) is 2.68. The topological polar surface area (TPSA) is 83.2 Å². The van der Waals surface area contributed by atoms with Crippen molar-refractivity contribution in [1.29, 1.82) is 0 Å². The first-order valence-electron chi connectivity index (χ1n) is 8.92. The van der Waals surface area contributed by atoms with Crippen LogP contribution >= 0.6 is 0 Å². The van der Waals surface area contributed by atoms with Gasteiger partial charge in [0.15, 0.2) is 5.75 Å². The van der Waals surface area contributed by atoms with E-state index in [0.29, 0.717) is 18.0 Å². The van der Waals surface area contributed by atoms with E-state index in [9.17, 15) is 9.59 Å². The summed E-state index contributed by atoms with van der Waals surface area (Å²) in [6.45, 7) is 10.3. The number of nitrogens with one attached hydrogen (secondary N) is 3. The van der Waals surface area contributed by atoms with Crippen LogP contribution < -0.4 is 15.4 Å². The van der Waals surface area contributed by atoms with Crippen LogP contribution in [0, 0.1) is 6.92 Å². The monoisotopic (exact) mass is 365 g/mol. The molecule has 6 heteroatoms. The van der Waals surface area contributed by atoms with Crippen molar-refractivity contribution in [3.8, 4) is 5.75 Å². The van der Waals surface area contributed by atoms with E-state index >= 15 is 0 Å². The third-order valence-corrected chi connectivity index (χ3v) is 3.67. The molecule has 6 nitrogen and oxygen atoms in total. The fourth-order valence-electron chi connectivity index (χ4n) is 2.30. The van der Waals surface area contributed by atoms with Crippen LogP contribution in [-0.4, -0.2) is 30.4 Å². The van der Waals surface area contributed by atoms with Crippen LogP contribution in [0.4, 0.5) is 0 Å². The van der Waals surface area contributed by atoms with Gasteiger partial charge in [0, 0.05) is 23.9 Å². The molecule has 0 aliphatic rings.